The van der Waals surface area contributed by atoms with Crippen LogP contribution in [-0.2, 0) is 9.53 Å². The first-order valence-electron chi connectivity index (χ1n) is 9.06. The number of hydrogen-bond acceptors (Lipinski definition) is 6. The van der Waals surface area contributed by atoms with Crippen LogP contribution in [0.5, 0.6) is 0 Å². The predicted octanol–water partition coefficient (Wildman–Crippen LogP) is 1.07. The van der Waals surface area contributed by atoms with E-state index in [0.29, 0.717) is 44.6 Å². The summed E-state index contributed by atoms with van der Waals surface area (Å²) in [6, 6.07) is 5.58. The lowest BCUT2D eigenvalue weighted by atomic mass is 9.90. The van der Waals surface area contributed by atoms with Crippen LogP contribution in [0.15, 0.2) is 24.3 Å². The van der Waals surface area contributed by atoms with Gasteiger partial charge in [-0.1, -0.05) is 0 Å². The lowest BCUT2D eigenvalue weighted by molar-refractivity contribution is -0.384. The zero-order valence-corrected chi connectivity index (χ0v) is 16.6. The Labute approximate surface area is 169 Å². The quantitative estimate of drug-likeness (QED) is 0.585. The zero-order chi connectivity index (χ0) is 19.4. The number of rotatable bonds is 4. The number of methoxy groups -OCH3 is 1. The normalized spacial score (nSPS) is 18.9. The third-order valence-electron chi connectivity index (χ3n) is 5.37. The first-order chi connectivity index (χ1) is 13.0. The molecule has 2 heterocycles. The second kappa shape index (κ2) is 9.31. The largest absolute Gasteiger partial charge is 0.368 e. The molecule has 0 aliphatic carbocycles. The van der Waals surface area contributed by atoms with E-state index in [1.54, 1.807) is 16.9 Å². The van der Waals surface area contributed by atoms with Crippen LogP contribution >= 0.6 is 12.4 Å². The van der Waals surface area contributed by atoms with Gasteiger partial charge in [0.2, 0.25) is 0 Å². The smallest absolute Gasteiger partial charge is 0.269 e. The fourth-order valence-electron chi connectivity index (χ4n) is 3.64. The number of ether oxygens (including phenoxy) is 1. The molecule has 10 heteroatoms. The van der Waals surface area contributed by atoms with Crippen LogP contribution in [0.25, 0.3) is 0 Å². The number of carbonyl (C=O) groups excluding carboxylic acids is 2. The SMILES string of the molecule is COC1(C(=O)N2CCN(C(=O)c3ccc([N+](=O)[O-])cc3)CC2)CCNCC1.Cl. The number of halogens is 1. The topological polar surface area (TPSA) is 105 Å². The van der Waals surface area contributed by atoms with Crippen molar-refractivity contribution in [3.8, 4) is 0 Å². The fourth-order valence-corrected chi connectivity index (χ4v) is 3.64. The van der Waals surface area contributed by atoms with Gasteiger partial charge in [-0.15, -0.1) is 12.4 Å². The summed E-state index contributed by atoms with van der Waals surface area (Å²) < 4.78 is 5.60. The van der Waals surface area contributed by atoms with Gasteiger partial charge in [-0.05, 0) is 38.1 Å². The van der Waals surface area contributed by atoms with Gasteiger partial charge in [0.25, 0.3) is 17.5 Å². The number of benzene rings is 1. The second-order valence-electron chi connectivity index (χ2n) is 6.84. The Kier molecular flexibility index (Phi) is 7.34. The van der Waals surface area contributed by atoms with Crippen LogP contribution in [0.2, 0.25) is 0 Å². The van der Waals surface area contributed by atoms with E-state index < -0.39 is 10.5 Å². The highest BCUT2D eigenvalue weighted by Crippen LogP contribution is 2.26. The van der Waals surface area contributed by atoms with E-state index in [4.69, 9.17) is 4.74 Å². The number of nitrogens with one attached hydrogen (secondary N) is 1. The first kappa shape index (κ1) is 22.1. The average molecular weight is 413 g/mol. The molecule has 2 saturated heterocycles. The van der Waals surface area contributed by atoms with Crippen molar-refractivity contribution in [3.05, 3.63) is 39.9 Å². The molecule has 2 aliphatic heterocycles. The molecule has 0 saturated carbocycles. The maximum atomic E-state index is 13.0. The van der Waals surface area contributed by atoms with Crippen molar-refractivity contribution in [3.63, 3.8) is 0 Å². The minimum atomic E-state index is -0.768. The molecule has 0 unspecified atom stereocenters. The summed E-state index contributed by atoms with van der Waals surface area (Å²) in [4.78, 5) is 39.2. The Hall–Kier alpha value is -2.23. The summed E-state index contributed by atoms with van der Waals surface area (Å²) in [6.07, 6.45) is 1.29. The molecule has 0 bridgehead atoms. The second-order valence-corrected chi connectivity index (χ2v) is 6.84. The molecule has 1 aromatic rings. The van der Waals surface area contributed by atoms with Crippen LogP contribution in [0.4, 0.5) is 5.69 Å². The van der Waals surface area contributed by atoms with Crippen molar-refractivity contribution in [2.45, 2.75) is 18.4 Å². The highest BCUT2D eigenvalue weighted by atomic mass is 35.5. The highest BCUT2D eigenvalue weighted by Gasteiger charge is 2.43. The molecule has 9 nitrogen and oxygen atoms in total. The number of non-ortho nitro benzene ring substituents is 1. The molecule has 2 aliphatic rings. The van der Waals surface area contributed by atoms with Gasteiger partial charge in [0, 0.05) is 51.0 Å². The summed E-state index contributed by atoms with van der Waals surface area (Å²) in [6.45, 7) is 3.27. The molecule has 154 valence electrons. The third kappa shape index (κ3) is 4.43. The molecule has 0 atom stereocenters. The third-order valence-corrected chi connectivity index (χ3v) is 5.37. The maximum absolute atomic E-state index is 13.0. The summed E-state index contributed by atoms with van der Waals surface area (Å²) in [5.74, 6) is -0.186. The lowest BCUT2D eigenvalue weighted by Crippen LogP contribution is -2.59. The molecule has 2 amide bonds. The van der Waals surface area contributed by atoms with E-state index in [1.165, 1.54) is 24.3 Å². The van der Waals surface area contributed by atoms with Crippen LogP contribution < -0.4 is 5.32 Å². The molecule has 0 radical (unpaired) electrons. The monoisotopic (exact) mass is 412 g/mol. The summed E-state index contributed by atoms with van der Waals surface area (Å²) in [7, 11) is 1.58. The first-order valence-corrected chi connectivity index (χ1v) is 9.06. The van der Waals surface area contributed by atoms with Gasteiger partial charge < -0.3 is 19.9 Å². The molecule has 1 N–H and O–H groups in total. The number of hydrogen-bond donors (Lipinski definition) is 1. The Bertz CT molecular complexity index is 713. The Morgan fingerprint density at radius 2 is 1.61 bits per heavy atom. The van der Waals surface area contributed by atoms with Gasteiger partial charge in [0.15, 0.2) is 0 Å². The average Bonchev–Trinajstić information content (AvgIpc) is 2.73. The summed E-state index contributed by atoms with van der Waals surface area (Å²) in [5.41, 5.74) is -0.406. The van der Waals surface area contributed by atoms with Crippen molar-refractivity contribution < 1.29 is 19.2 Å². The van der Waals surface area contributed by atoms with Gasteiger partial charge in [0.05, 0.1) is 4.92 Å². The number of nitro groups is 1. The molecule has 0 aromatic heterocycles. The van der Waals surface area contributed by atoms with Gasteiger partial charge in [-0.3, -0.25) is 19.7 Å². The van der Waals surface area contributed by atoms with Gasteiger partial charge in [-0.25, -0.2) is 0 Å². The number of amides is 2. The van der Waals surface area contributed by atoms with Gasteiger partial charge in [-0.2, -0.15) is 0 Å². The number of carbonyl (C=O) groups is 2. The fraction of sp³-hybridized carbons (Fsp3) is 0.556. The van der Waals surface area contributed by atoms with Crippen molar-refractivity contribution >= 4 is 29.9 Å². The Morgan fingerprint density at radius 1 is 1.07 bits per heavy atom. The summed E-state index contributed by atoms with van der Waals surface area (Å²) >= 11 is 0. The Morgan fingerprint density at radius 3 is 2.11 bits per heavy atom. The van der Waals surface area contributed by atoms with Gasteiger partial charge >= 0.3 is 0 Å². The Balaban J connectivity index is 0.00000280. The number of nitro benzene ring substituents is 1. The zero-order valence-electron chi connectivity index (χ0n) is 15.8. The predicted molar refractivity (Wildman–Crippen MR) is 105 cm³/mol. The highest BCUT2D eigenvalue weighted by molar-refractivity contribution is 5.94. The van der Waals surface area contributed by atoms with Gasteiger partial charge in [0.1, 0.15) is 5.60 Å². The van der Waals surface area contributed by atoms with E-state index in [9.17, 15) is 19.7 Å². The standard InChI is InChI=1S/C18H24N4O5.ClH/c1-27-18(6-8-19-9-7-18)17(24)21-12-10-20(11-13-21)16(23)14-2-4-15(5-3-14)22(25)26;/h2-5,19H,6-13H2,1H3;1H. The van der Waals surface area contributed by atoms with Crippen LogP contribution in [0.3, 0.4) is 0 Å². The van der Waals surface area contributed by atoms with Crippen molar-refractivity contribution in [1.82, 2.24) is 15.1 Å². The van der Waals surface area contributed by atoms with E-state index in [1.807, 2.05) is 0 Å². The van der Waals surface area contributed by atoms with Crippen molar-refractivity contribution in [2.24, 2.45) is 0 Å². The minimum Gasteiger partial charge on any atom is -0.368 e. The van der Waals surface area contributed by atoms with Crippen molar-refractivity contribution in [1.29, 1.82) is 0 Å². The van der Waals surface area contributed by atoms with Crippen LogP contribution in [-0.4, -0.2) is 78.5 Å². The lowest BCUT2D eigenvalue weighted by Gasteiger charge is -2.42. The number of piperidine rings is 1. The molecule has 2 fully saturated rings. The molecule has 1 aromatic carbocycles. The number of piperazine rings is 1. The van der Waals surface area contributed by atoms with Crippen molar-refractivity contribution in [2.75, 3.05) is 46.4 Å². The van der Waals surface area contributed by atoms with E-state index in [2.05, 4.69) is 5.32 Å². The minimum absolute atomic E-state index is 0. The maximum Gasteiger partial charge on any atom is 0.269 e. The van der Waals surface area contributed by atoms with Crippen LogP contribution in [0, 0.1) is 10.1 Å². The molecule has 0 spiro atoms. The van der Waals surface area contributed by atoms with E-state index in [-0.39, 0.29) is 29.9 Å². The molecular weight excluding hydrogens is 388 g/mol. The molecule has 28 heavy (non-hydrogen) atoms. The van der Waals surface area contributed by atoms with E-state index >= 15 is 0 Å². The number of nitrogens with zero attached hydrogens (tertiary/aromatic N) is 3. The van der Waals surface area contributed by atoms with E-state index in [0.717, 1.165) is 13.1 Å². The molecular formula is C18H25ClN4O5. The van der Waals surface area contributed by atoms with Crippen LogP contribution in [0.1, 0.15) is 23.2 Å². The summed E-state index contributed by atoms with van der Waals surface area (Å²) in [5, 5.41) is 14.0. The molecule has 3 rings (SSSR count).